The zero-order chi connectivity index (χ0) is 0. The Labute approximate surface area is 56.4 Å². The van der Waals surface area contributed by atoms with Gasteiger partial charge in [-0.1, -0.05) is 0 Å². The van der Waals surface area contributed by atoms with E-state index in [0.717, 1.165) is 0 Å². The summed E-state index contributed by atoms with van der Waals surface area (Å²) in [5.74, 6) is 0. The SMILES string of the molecule is O.[AlH3].[Fe].[Ni]. The van der Waals surface area contributed by atoms with Crippen LogP contribution in [0.1, 0.15) is 0 Å². The van der Waals surface area contributed by atoms with Crippen LogP contribution in [0.4, 0.5) is 0 Å². The Balaban J connectivity index is 0. The van der Waals surface area contributed by atoms with Gasteiger partial charge in [-0.15, -0.1) is 0 Å². The zero-order valence-electron chi connectivity index (χ0n) is 1.17. The minimum absolute atomic E-state index is 0. The third-order valence-corrected chi connectivity index (χ3v) is 0. The molecular formula is H5AlFeNiO. The summed E-state index contributed by atoms with van der Waals surface area (Å²) in [6.07, 6.45) is 0. The summed E-state index contributed by atoms with van der Waals surface area (Å²) in [5.41, 5.74) is 0. The van der Waals surface area contributed by atoms with Crippen molar-refractivity contribution in [1.29, 1.82) is 0 Å². The zero-order valence-corrected chi connectivity index (χ0v) is 3.26. The van der Waals surface area contributed by atoms with E-state index in [1.807, 2.05) is 0 Å². The molecule has 0 aromatic carbocycles. The fourth-order valence-corrected chi connectivity index (χ4v) is 0. The Hall–Kier alpha value is 1.51. The van der Waals surface area contributed by atoms with Crippen LogP contribution in [0.25, 0.3) is 0 Å². The number of hydrogen-bond acceptors (Lipinski definition) is 0. The summed E-state index contributed by atoms with van der Waals surface area (Å²) < 4.78 is 0. The molecule has 0 saturated carbocycles. The first kappa shape index (κ1) is 49.3. The fraction of sp³-hybridized carbons (Fsp3) is 0. The van der Waals surface area contributed by atoms with Crippen molar-refractivity contribution in [2.24, 2.45) is 0 Å². The first-order chi connectivity index (χ1) is 0. The van der Waals surface area contributed by atoms with Crippen molar-refractivity contribution in [3.63, 3.8) is 0 Å². The van der Waals surface area contributed by atoms with E-state index in [1.54, 1.807) is 0 Å². The molecule has 0 unspecified atom stereocenters. The summed E-state index contributed by atoms with van der Waals surface area (Å²) in [6, 6.07) is 0. The van der Waals surface area contributed by atoms with Gasteiger partial charge in [0.2, 0.25) is 0 Å². The molecule has 0 aromatic heterocycles. The second-order valence-corrected chi connectivity index (χ2v) is 0. The minimum atomic E-state index is 0. The first-order valence-electron chi connectivity index (χ1n) is 0. The average molecular weight is 163 g/mol. The summed E-state index contributed by atoms with van der Waals surface area (Å²) in [4.78, 5) is 0. The molecule has 4 heteroatoms. The number of rotatable bonds is 0. The van der Waals surface area contributed by atoms with Gasteiger partial charge in [0.05, 0.1) is 0 Å². The monoisotopic (exact) mass is 162 g/mol. The maximum atomic E-state index is 0. The molecule has 0 aliphatic rings. The topological polar surface area (TPSA) is 31.5 Å². The maximum Gasteiger partial charge on any atom is 0.187 e. The van der Waals surface area contributed by atoms with Crippen LogP contribution in [0.2, 0.25) is 0 Å². The number of hydrogen-bond donors (Lipinski definition) is 0. The van der Waals surface area contributed by atoms with Crippen LogP contribution in [-0.2, 0) is 33.6 Å². The standard InChI is InChI=1S/Al.Fe.Ni.H2O.3H/h;;;1H2;;;. The Morgan fingerprint density at radius 3 is 1.00 bits per heavy atom. The van der Waals surface area contributed by atoms with E-state index in [-0.39, 0.29) is 56.4 Å². The van der Waals surface area contributed by atoms with Gasteiger partial charge in [-0.2, -0.15) is 0 Å². The molecule has 0 heterocycles. The molecular weight excluding hydrogens is 158 g/mol. The largest absolute Gasteiger partial charge is 0.412 e. The molecule has 0 amide bonds. The van der Waals surface area contributed by atoms with Gasteiger partial charge in [-0.3, -0.25) is 0 Å². The van der Waals surface area contributed by atoms with Gasteiger partial charge < -0.3 is 5.48 Å². The molecule has 0 atom stereocenters. The van der Waals surface area contributed by atoms with Gasteiger partial charge in [-0.25, -0.2) is 0 Å². The van der Waals surface area contributed by atoms with Gasteiger partial charge in [0.1, 0.15) is 0 Å². The molecule has 2 N–H and O–H groups in total. The van der Waals surface area contributed by atoms with Gasteiger partial charge in [0.15, 0.2) is 17.4 Å². The van der Waals surface area contributed by atoms with E-state index in [4.69, 9.17) is 0 Å². The summed E-state index contributed by atoms with van der Waals surface area (Å²) in [7, 11) is 0. The van der Waals surface area contributed by atoms with Gasteiger partial charge >= 0.3 is 0 Å². The molecule has 0 aromatic rings. The van der Waals surface area contributed by atoms with Crippen LogP contribution >= 0.6 is 0 Å². The van der Waals surface area contributed by atoms with Gasteiger partial charge in [-0.05, 0) is 0 Å². The molecule has 32 valence electrons. The molecule has 0 fully saturated rings. The molecule has 1 nitrogen and oxygen atoms in total. The van der Waals surface area contributed by atoms with E-state index in [9.17, 15) is 0 Å². The van der Waals surface area contributed by atoms with Crippen LogP contribution in [0, 0.1) is 0 Å². The molecule has 0 bridgehead atoms. The van der Waals surface area contributed by atoms with E-state index in [0.29, 0.717) is 0 Å². The molecule has 0 radical (unpaired) electrons. The molecule has 0 rings (SSSR count). The predicted molar refractivity (Wildman–Crippen MR) is 13.6 cm³/mol. The van der Waals surface area contributed by atoms with Crippen molar-refractivity contribution < 1.29 is 39.0 Å². The Kier molecular flexibility index (Phi) is 301. The van der Waals surface area contributed by atoms with Crippen molar-refractivity contribution >= 4 is 17.4 Å². The second kappa shape index (κ2) is 24.4. The van der Waals surface area contributed by atoms with Crippen LogP contribution in [0.15, 0.2) is 0 Å². The molecule has 0 aliphatic heterocycles. The average Bonchev–Trinajstić information content (AvgIpc) is 0. The Bertz CT molecular complexity index is 8.00. The van der Waals surface area contributed by atoms with E-state index in [1.165, 1.54) is 0 Å². The van der Waals surface area contributed by atoms with Gasteiger partial charge in [0, 0.05) is 33.6 Å². The van der Waals surface area contributed by atoms with Crippen molar-refractivity contribution in [3.8, 4) is 0 Å². The summed E-state index contributed by atoms with van der Waals surface area (Å²) in [6.45, 7) is 0. The van der Waals surface area contributed by atoms with E-state index in [2.05, 4.69) is 0 Å². The van der Waals surface area contributed by atoms with Crippen molar-refractivity contribution in [2.75, 3.05) is 0 Å². The van der Waals surface area contributed by atoms with Crippen LogP contribution in [-0.4, -0.2) is 22.8 Å². The molecule has 0 spiro atoms. The molecule has 0 saturated heterocycles. The summed E-state index contributed by atoms with van der Waals surface area (Å²) in [5, 5.41) is 0. The second-order valence-electron chi connectivity index (χ2n) is 0. The van der Waals surface area contributed by atoms with Crippen molar-refractivity contribution in [3.05, 3.63) is 0 Å². The fourth-order valence-electron chi connectivity index (χ4n) is 0. The van der Waals surface area contributed by atoms with Crippen molar-refractivity contribution in [1.82, 2.24) is 0 Å². The Morgan fingerprint density at radius 2 is 1.00 bits per heavy atom. The van der Waals surface area contributed by atoms with Crippen molar-refractivity contribution in [2.45, 2.75) is 0 Å². The maximum absolute atomic E-state index is 0. The van der Waals surface area contributed by atoms with Crippen LogP contribution in [0.3, 0.4) is 0 Å². The van der Waals surface area contributed by atoms with E-state index < -0.39 is 0 Å². The van der Waals surface area contributed by atoms with Crippen LogP contribution in [0.5, 0.6) is 0 Å². The van der Waals surface area contributed by atoms with E-state index >= 15 is 0 Å². The molecule has 0 aliphatic carbocycles. The predicted octanol–water partition coefficient (Wildman–Crippen LogP) is -2.01. The van der Waals surface area contributed by atoms with Gasteiger partial charge in [0.25, 0.3) is 0 Å². The van der Waals surface area contributed by atoms with Crippen LogP contribution < -0.4 is 0 Å². The Morgan fingerprint density at radius 1 is 1.00 bits per heavy atom. The minimum Gasteiger partial charge on any atom is -0.412 e. The quantitative estimate of drug-likeness (QED) is 0.369. The normalized spacial score (nSPS) is 0. The third-order valence-electron chi connectivity index (χ3n) is 0. The first-order valence-corrected chi connectivity index (χ1v) is 0. The smallest absolute Gasteiger partial charge is 0.187 e. The molecule has 4 heavy (non-hydrogen) atoms. The third kappa shape index (κ3) is 9.71. The summed E-state index contributed by atoms with van der Waals surface area (Å²) >= 11 is 0.